The zero-order valence-corrected chi connectivity index (χ0v) is 15.6. The van der Waals surface area contributed by atoms with Gasteiger partial charge >= 0.3 is 0 Å². The van der Waals surface area contributed by atoms with Crippen LogP contribution in [0.3, 0.4) is 0 Å². The Bertz CT molecular complexity index is 478. The van der Waals surface area contributed by atoms with E-state index in [0.29, 0.717) is 13.1 Å². The maximum absolute atomic E-state index is 11.4. The lowest BCUT2D eigenvalue weighted by atomic mass is 10.4. The summed E-state index contributed by atoms with van der Waals surface area (Å²) < 4.78 is 28.4. The highest BCUT2D eigenvalue weighted by Gasteiger charge is 2.21. The van der Waals surface area contributed by atoms with Gasteiger partial charge in [0.1, 0.15) is 0 Å². The number of nitrogens with zero attached hydrogens (tertiary/aromatic N) is 2. The molecule has 2 N–H and O–H groups in total. The van der Waals surface area contributed by atoms with Crippen LogP contribution in [0.4, 0.5) is 0 Å². The SMILES string of the molecule is CCNC(=NCCCOCC1CC1)NCCN1CCS(=O)(=O)CC1. The van der Waals surface area contributed by atoms with Crippen LogP contribution in [0.2, 0.25) is 0 Å². The van der Waals surface area contributed by atoms with Crippen LogP contribution in [0.25, 0.3) is 0 Å². The van der Waals surface area contributed by atoms with E-state index in [-0.39, 0.29) is 11.5 Å². The van der Waals surface area contributed by atoms with Gasteiger partial charge in [0.15, 0.2) is 15.8 Å². The summed E-state index contributed by atoms with van der Waals surface area (Å²) in [6, 6.07) is 0. The molecule has 2 rings (SSSR count). The molecule has 0 unspecified atom stereocenters. The third-order valence-corrected chi connectivity index (χ3v) is 5.88. The Labute approximate surface area is 146 Å². The fourth-order valence-electron chi connectivity index (χ4n) is 2.54. The Hall–Kier alpha value is -0.860. The minimum atomic E-state index is -2.80. The van der Waals surface area contributed by atoms with E-state index in [2.05, 4.69) is 20.5 Å². The molecule has 0 aromatic heterocycles. The predicted molar refractivity (Wildman–Crippen MR) is 97.2 cm³/mol. The highest BCUT2D eigenvalue weighted by Crippen LogP contribution is 2.28. The first-order valence-corrected chi connectivity index (χ1v) is 10.9. The van der Waals surface area contributed by atoms with E-state index in [0.717, 1.165) is 57.7 Å². The summed E-state index contributed by atoms with van der Waals surface area (Å²) in [5.41, 5.74) is 0. The first kappa shape index (κ1) is 19.5. The van der Waals surface area contributed by atoms with E-state index >= 15 is 0 Å². The van der Waals surface area contributed by atoms with Crippen molar-refractivity contribution in [1.82, 2.24) is 15.5 Å². The van der Waals surface area contributed by atoms with E-state index < -0.39 is 9.84 Å². The van der Waals surface area contributed by atoms with Crippen molar-refractivity contribution < 1.29 is 13.2 Å². The summed E-state index contributed by atoms with van der Waals surface area (Å²) in [5, 5.41) is 6.55. The van der Waals surface area contributed by atoms with Crippen LogP contribution >= 0.6 is 0 Å². The number of sulfone groups is 1. The Morgan fingerprint density at radius 2 is 2.00 bits per heavy atom. The largest absolute Gasteiger partial charge is 0.381 e. The molecule has 2 aliphatic rings. The van der Waals surface area contributed by atoms with Crippen molar-refractivity contribution in [3.63, 3.8) is 0 Å². The maximum Gasteiger partial charge on any atom is 0.191 e. The molecular formula is C16H32N4O3S. The van der Waals surface area contributed by atoms with Crippen LogP contribution in [0.1, 0.15) is 26.2 Å². The molecule has 1 aliphatic heterocycles. The Kier molecular flexibility index (Phi) is 8.28. The molecule has 7 nitrogen and oxygen atoms in total. The van der Waals surface area contributed by atoms with Crippen molar-refractivity contribution in [2.24, 2.45) is 10.9 Å². The van der Waals surface area contributed by atoms with Gasteiger partial charge in [0, 0.05) is 52.5 Å². The molecule has 0 spiro atoms. The molecule has 0 aromatic rings. The van der Waals surface area contributed by atoms with E-state index in [1.807, 2.05) is 6.92 Å². The fourth-order valence-corrected chi connectivity index (χ4v) is 3.82. The molecule has 0 radical (unpaired) electrons. The molecule has 0 bridgehead atoms. The fraction of sp³-hybridized carbons (Fsp3) is 0.938. The Morgan fingerprint density at radius 1 is 1.25 bits per heavy atom. The van der Waals surface area contributed by atoms with E-state index in [9.17, 15) is 8.42 Å². The molecule has 1 heterocycles. The topological polar surface area (TPSA) is 83.0 Å². The molecular weight excluding hydrogens is 328 g/mol. The van der Waals surface area contributed by atoms with Crippen molar-refractivity contribution in [3.8, 4) is 0 Å². The molecule has 1 saturated carbocycles. The molecule has 24 heavy (non-hydrogen) atoms. The van der Waals surface area contributed by atoms with Crippen molar-refractivity contribution >= 4 is 15.8 Å². The molecule has 1 saturated heterocycles. The van der Waals surface area contributed by atoms with Gasteiger partial charge in [-0.3, -0.25) is 9.89 Å². The van der Waals surface area contributed by atoms with E-state index in [1.165, 1.54) is 12.8 Å². The number of hydrogen-bond donors (Lipinski definition) is 2. The highest BCUT2D eigenvalue weighted by atomic mass is 32.2. The molecule has 140 valence electrons. The summed E-state index contributed by atoms with van der Waals surface area (Å²) >= 11 is 0. The summed E-state index contributed by atoms with van der Waals surface area (Å²) in [6.07, 6.45) is 3.60. The van der Waals surface area contributed by atoms with Crippen LogP contribution in [-0.4, -0.2) is 83.3 Å². The quantitative estimate of drug-likeness (QED) is 0.326. The average molecular weight is 361 g/mol. The van der Waals surface area contributed by atoms with E-state index in [1.54, 1.807) is 0 Å². The normalized spacial score (nSPS) is 21.6. The van der Waals surface area contributed by atoms with Crippen molar-refractivity contribution in [2.45, 2.75) is 26.2 Å². The number of rotatable bonds is 10. The zero-order valence-electron chi connectivity index (χ0n) is 14.8. The van der Waals surface area contributed by atoms with Gasteiger partial charge in [-0.1, -0.05) is 0 Å². The van der Waals surface area contributed by atoms with Gasteiger partial charge in [-0.25, -0.2) is 8.42 Å². The molecule has 2 fully saturated rings. The predicted octanol–water partition coefficient (Wildman–Crippen LogP) is 0.0886. The zero-order chi connectivity index (χ0) is 17.3. The van der Waals surface area contributed by atoms with Gasteiger partial charge in [0.2, 0.25) is 0 Å². The lowest BCUT2D eigenvalue weighted by Crippen LogP contribution is -2.46. The summed E-state index contributed by atoms with van der Waals surface area (Å²) in [5.74, 6) is 2.20. The first-order valence-electron chi connectivity index (χ1n) is 9.12. The minimum Gasteiger partial charge on any atom is -0.381 e. The van der Waals surface area contributed by atoms with Crippen LogP contribution in [0.15, 0.2) is 4.99 Å². The van der Waals surface area contributed by atoms with Crippen LogP contribution < -0.4 is 10.6 Å². The number of hydrogen-bond acceptors (Lipinski definition) is 5. The average Bonchev–Trinajstić information content (AvgIpc) is 3.36. The highest BCUT2D eigenvalue weighted by molar-refractivity contribution is 7.91. The third kappa shape index (κ3) is 8.30. The molecule has 0 aromatic carbocycles. The van der Waals surface area contributed by atoms with Crippen molar-refractivity contribution in [2.75, 3.05) is 64.0 Å². The lowest BCUT2D eigenvalue weighted by molar-refractivity contribution is 0.123. The summed E-state index contributed by atoms with van der Waals surface area (Å²) in [4.78, 5) is 6.74. The standard InChI is InChI=1S/C16H32N4O3S/c1-2-17-16(18-6-3-11-23-14-15-4-5-15)19-7-8-20-9-12-24(21,22)13-10-20/h15H,2-14H2,1H3,(H2,17,18,19). The smallest absolute Gasteiger partial charge is 0.191 e. The van der Waals surface area contributed by atoms with Crippen LogP contribution in [0.5, 0.6) is 0 Å². The summed E-state index contributed by atoms with van der Waals surface area (Å²) in [7, 11) is -2.80. The van der Waals surface area contributed by atoms with Gasteiger partial charge in [0.25, 0.3) is 0 Å². The number of ether oxygens (including phenoxy) is 1. The van der Waals surface area contributed by atoms with Crippen molar-refractivity contribution in [3.05, 3.63) is 0 Å². The second-order valence-corrected chi connectivity index (χ2v) is 8.86. The maximum atomic E-state index is 11.4. The van der Waals surface area contributed by atoms with Gasteiger partial charge in [-0.05, 0) is 32.1 Å². The molecule has 8 heteroatoms. The van der Waals surface area contributed by atoms with Crippen LogP contribution in [0, 0.1) is 5.92 Å². The number of guanidine groups is 1. The monoisotopic (exact) mass is 360 g/mol. The lowest BCUT2D eigenvalue weighted by Gasteiger charge is -2.26. The Balaban J connectivity index is 1.56. The second kappa shape index (κ2) is 10.2. The Morgan fingerprint density at radius 3 is 2.67 bits per heavy atom. The summed E-state index contributed by atoms with van der Waals surface area (Å²) in [6.45, 7) is 8.19. The van der Waals surface area contributed by atoms with Gasteiger partial charge < -0.3 is 15.4 Å². The minimum absolute atomic E-state index is 0.280. The van der Waals surface area contributed by atoms with E-state index in [4.69, 9.17) is 4.74 Å². The van der Waals surface area contributed by atoms with Crippen molar-refractivity contribution in [1.29, 1.82) is 0 Å². The third-order valence-electron chi connectivity index (χ3n) is 4.27. The van der Waals surface area contributed by atoms with Gasteiger partial charge in [-0.15, -0.1) is 0 Å². The van der Waals surface area contributed by atoms with Crippen LogP contribution in [-0.2, 0) is 14.6 Å². The number of aliphatic imine (C=N–C) groups is 1. The molecule has 0 amide bonds. The first-order chi connectivity index (χ1) is 11.6. The molecule has 1 aliphatic carbocycles. The molecule has 0 atom stereocenters. The van der Waals surface area contributed by atoms with Gasteiger partial charge in [0.05, 0.1) is 11.5 Å². The number of nitrogens with one attached hydrogen (secondary N) is 2. The van der Waals surface area contributed by atoms with Gasteiger partial charge in [-0.2, -0.15) is 0 Å². The second-order valence-electron chi connectivity index (χ2n) is 6.55.